The van der Waals surface area contributed by atoms with Crippen LogP contribution in [0.4, 0.5) is 0 Å². The molecule has 0 radical (unpaired) electrons. The smallest absolute Gasteiger partial charge is 0.187 e. The maximum absolute atomic E-state index is 12.5. The lowest BCUT2D eigenvalue weighted by Crippen LogP contribution is -2.69. The van der Waals surface area contributed by atoms with Crippen molar-refractivity contribution in [2.75, 3.05) is 13.7 Å². The SMILES string of the molecule is COC(C)(C)/C=C/C[C@@](C)(O)[C@H]1CC[C@]2(C)[C@@H]1CC[C@@H]1[C@@]3(C)CC[C@H](O[C@@H]4O[C@H](CO)[C@@H](O)[C@H](O)[C@H]4O[C@@H]4O[C@@H](C)[C@H](O)[C@@H](O)[C@H]4O)C(C)(C)[C@@H]3C[C@H](O)[C@]12C. The van der Waals surface area contributed by atoms with E-state index in [9.17, 15) is 40.9 Å². The van der Waals surface area contributed by atoms with E-state index < -0.39 is 96.8 Å². The molecule has 56 heavy (non-hydrogen) atoms. The lowest BCUT2D eigenvalue weighted by atomic mass is 9.34. The molecule has 2 saturated heterocycles. The van der Waals surface area contributed by atoms with Crippen LogP contribution in [0.2, 0.25) is 0 Å². The van der Waals surface area contributed by atoms with Gasteiger partial charge in [-0.1, -0.05) is 46.8 Å². The number of ether oxygens (including phenoxy) is 5. The molecule has 0 unspecified atom stereocenters. The largest absolute Gasteiger partial charge is 0.394 e. The Bertz CT molecular complexity index is 1410. The normalized spacial score (nSPS) is 51.9. The molecule has 0 amide bonds. The molecular formula is C43H74O13. The summed E-state index contributed by atoms with van der Waals surface area (Å²) < 4.78 is 30.1. The summed E-state index contributed by atoms with van der Waals surface area (Å²) in [5, 5.41) is 88.1. The first-order valence-corrected chi connectivity index (χ1v) is 21.2. The molecule has 324 valence electrons. The molecule has 6 aliphatic rings. The Labute approximate surface area is 333 Å². The number of aliphatic hydroxyl groups is 8. The highest BCUT2D eigenvalue weighted by molar-refractivity contribution is 5.21. The highest BCUT2D eigenvalue weighted by atomic mass is 16.8. The van der Waals surface area contributed by atoms with E-state index in [1.165, 1.54) is 6.92 Å². The van der Waals surface area contributed by atoms with E-state index in [-0.39, 0.29) is 39.9 Å². The van der Waals surface area contributed by atoms with E-state index in [2.05, 4.69) is 40.7 Å². The molecule has 4 saturated carbocycles. The second-order valence-electron chi connectivity index (χ2n) is 20.6. The third-order valence-electron chi connectivity index (χ3n) is 17.0. The highest BCUT2D eigenvalue weighted by Gasteiger charge is 2.72. The molecule has 13 nitrogen and oxygen atoms in total. The minimum Gasteiger partial charge on any atom is -0.394 e. The fraction of sp³-hybridized carbons (Fsp3) is 0.953. The summed E-state index contributed by atoms with van der Waals surface area (Å²) >= 11 is 0. The maximum Gasteiger partial charge on any atom is 0.187 e. The minimum atomic E-state index is -1.66. The number of hydrogen-bond donors (Lipinski definition) is 8. The van der Waals surface area contributed by atoms with Crippen LogP contribution in [0.15, 0.2) is 12.2 Å². The van der Waals surface area contributed by atoms with E-state index >= 15 is 0 Å². The summed E-state index contributed by atoms with van der Waals surface area (Å²) in [5.41, 5.74) is -2.49. The van der Waals surface area contributed by atoms with Crippen molar-refractivity contribution >= 4 is 0 Å². The third kappa shape index (κ3) is 7.18. The second-order valence-corrected chi connectivity index (χ2v) is 20.6. The molecule has 2 aliphatic heterocycles. The molecule has 8 N–H and O–H groups in total. The van der Waals surface area contributed by atoms with Gasteiger partial charge in [0.05, 0.1) is 36.1 Å². The quantitative estimate of drug-likeness (QED) is 0.118. The van der Waals surface area contributed by atoms with Crippen LogP contribution in [0.25, 0.3) is 0 Å². The molecule has 20 atom stereocenters. The number of aliphatic hydroxyl groups excluding tert-OH is 7. The molecule has 13 heteroatoms. The first-order valence-electron chi connectivity index (χ1n) is 21.2. The fourth-order valence-electron chi connectivity index (χ4n) is 13.2. The molecule has 0 spiro atoms. The van der Waals surface area contributed by atoms with Crippen LogP contribution in [0, 0.1) is 45.3 Å². The van der Waals surface area contributed by atoms with E-state index in [1.54, 1.807) is 7.11 Å². The molecule has 0 aromatic carbocycles. The molecule has 4 aliphatic carbocycles. The van der Waals surface area contributed by atoms with Crippen LogP contribution < -0.4 is 0 Å². The van der Waals surface area contributed by atoms with Gasteiger partial charge < -0.3 is 64.5 Å². The Kier molecular flexibility index (Phi) is 12.5. The van der Waals surface area contributed by atoms with Crippen LogP contribution in [-0.2, 0) is 23.7 Å². The lowest BCUT2D eigenvalue weighted by molar-refractivity contribution is -0.377. The average Bonchev–Trinajstić information content (AvgIpc) is 3.50. The van der Waals surface area contributed by atoms with Gasteiger partial charge in [0, 0.05) is 12.5 Å². The number of hydrogen-bond acceptors (Lipinski definition) is 13. The lowest BCUT2D eigenvalue weighted by Gasteiger charge is -2.71. The van der Waals surface area contributed by atoms with Gasteiger partial charge in [0.1, 0.15) is 42.7 Å². The van der Waals surface area contributed by atoms with Crippen LogP contribution in [0.1, 0.15) is 114 Å². The zero-order valence-electron chi connectivity index (χ0n) is 35.4. The second kappa shape index (κ2) is 15.6. The van der Waals surface area contributed by atoms with Gasteiger partial charge in [-0.15, -0.1) is 0 Å². The van der Waals surface area contributed by atoms with Crippen molar-refractivity contribution in [2.24, 2.45) is 45.3 Å². The Balaban J connectivity index is 1.22. The minimum absolute atomic E-state index is 0.0460. The first kappa shape index (κ1) is 44.8. The van der Waals surface area contributed by atoms with E-state index in [0.717, 1.165) is 32.1 Å². The van der Waals surface area contributed by atoms with Crippen LogP contribution in [0.5, 0.6) is 0 Å². The van der Waals surface area contributed by atoms with Gasteiger partial charge in [-0.3, -0.25) is 0 Å². The van der Waals surface area contributed by atoms with E-state index in [4.69, 9.17) is 23.7 Å². The van der Waals surface area contributed by atoms with Crippen molar-refractivity contribution in [3.05, 3.63) is 12.2 Å². The Morgan fingerprint density at radius 3 is 2.09 bits per heavy atom. The van der Waals surface area contributed by atoms with Gasteiger partial charge in [-0.25, -0.2) is 0 Å². The topological polar surface area (TPSA) is 208 Å². The van der Waals surface area contributed by atoms with E-state index in [0.29, 0.717) is 19.3 Å². The standard InChI is InChI=1S/C43H74O13/c1-22-30(46)32(48)34(50)36(53-22)56-35-33(49)31(47)25(21-44)54-37(35)55-29-15-18-40(6)26-13-12-23-24(42(8,51)17-11-16-38(2,3)52-10)14-19-41(23,7)43(26,9)28(45)20-27(40)39(29,4)5/h11,16,22-37,44-51H,12-15,17-21H2,1-10H3/b16-11+/t22-,23+,24-,25+,26+,27-,28-,29-,30-,31+,32+,33-,34+,35+,36-,37-,40+,41+,42+,43-/m0/s1. The molecule has 0 aromatic rings. The summed E-state index contributed by atoms with van der Waals surface area (Å²) in [6.07, 6.45) is -4.53. The summed E-state index contributed by atoms with van der Waals surface area (Å²) in [7, 11) is 1.69. The summed E-state index contributed by atoms with van der Waals surface area (Å²) in [6, 6.07) is 0. The summed E-state index contributed by atoms with van der Waals surface area (Å²) in [6.45, 7) is 18.3. The monoisotopic (exact) mass is 799 g/mol. The van der Waals surface area contributed by atoms with Gasteiger partial charge in [0.2, 0.25) is 0 Å². The zero-order chi connectivity index (χ0) is 41.6. The third-order valence-corrected chi connectivity index (χ3v) is 17.0. The molecule has 6 fully saturated rings. The average molecular weight is 799 g/mol. The van der Waals surface area contributed by atoms with E-state index in [1.807, 2.05) is 26.8 Å². The highest BCUT2D eigenvalue weighted by Crippen LogP contribution is 2.76. The number of methoxy groups -OCH3 is 1. The van der Waals surface area contributed by atoms with Crippen molar-refractivity contribution in [2.45, 2.75) is 199 Å². The predicted molar refractivity (Wildman–Crippen MR) is 206 cm³/mol. The zero-order valence-corrected chi connectivity index (χ0v) is 35.4. The van der Waals surface area contributed by atoms with Gasteiger partial charge in [0.25, 0.3) is 0 Å². The maximum atomic E-state index is 12.5. The van der Waals surface area contributed by atoms with Crippen molar-refractivity contribution in [3.8, 4) is 0 Å². The summed E-state index contributed by atoms with van der Waals surface area (Å²) in [5.74, 6) is 0.649. The van der Waals surface area contributed by atoms with Crippen molar-refractivity contribution in [1.29, 1.82) is 0 Å². The van der Waals surface area contributed by atoms with Crippen LogP contribution >= 0.6 is 0 Å². The molecule has 2 heterocycles. The fourth-order valence-corrected chi connectivity index (χ4v) is 13.2. The molecule has 6 rings (SSSR count). The van der Waals surface area contributed by atoms with Crippen LogP contribution in [-0.4, -0.2) is 139 Å². The van der Waals surface area contributed by atoms with Crippen molar-refractivity contribution in [3.63, 3.8) is 0 Å². The number of fused-ring (bicyclic) bond motifs is 5. The number of rotatable bonds is 10. The molecular weight excluding hydrogens is 724 g/mol. The molecule has 0 aromatic heterocycles. The van der Waals surface area contributed by atoms with Crippen molar-refractivity contribution in [1.82, 2.24) is 0 Å². The Hall–Kier alpha value is -0.780. The van der Waals surface area contributed by atoms with Crippen LogP contribution in [0.3, 0.4) is 0 Å². The Morgan fingerprint density at radius 2 is 1.45 bits per heavy atom. The summed E-state index contributed by atoms with van der Waals surface area (Å²) in [4.78, 5) is 0. The van der Waals surface area contributed by atoms with Gasteiger partial charge in [0.15, 0.2) is 12.6 Å². The van der Waals surface area contributed by atoms with Crippen molar-refractivity contribution < 1.29 is 64.5 Å². The van der Waals surface area contributed by atoms with Gasteiger partial charge in [-0.2, -0.15) is 0 Å². The van der Waals surface area contributed by atoms with Gasteiger partial charge in [-0.05, 0) is 119 Å². The first-order chi connectivity index (χ1) is 25.9. The molecule has 0 bridgehead atoms. The van der Waals surface area contributed by atoms with Gasteiger partial charge >= 0.3 is 0 Å². The predicted octanol–water partition coefficient (Wildman–Crippen LogP) is 2.80. The Morgan fingerprint density at radius 1 is 0.768 bits per heavy atom.